The van der Waals surface area contributed by atoms with Gasteiger partial charge in [-0.3, -0.25) is 19.8 Å². The first-order chi connectivity index (χ1) is 16.5. The van der Waals surface area contributed by atoms with Crippen LogP contribution in [0.4, 0.5) is 5.69 Å². The van der Waals surface area contributed by atoms with E-state index in [-0.39, 0.29) is 29.7 Å². The van der Waals surface area contributed by atoms with E-state index in [2.05, 4.69) is 21.3 Å². The second-order valence-corrected chi connectivity index (χ2v) is 9.10. The number of nitrogens with zero attached hydrogens (tertiary/aromatic N) is 3. The summed E-state index contributed by atoms with van der Waals surface area (Å²) in [5.41, 5.74) is 4.74. The molecule has 1 amide bonds. The average molecular weight is 470 g/mol. The van der Waals surface area contributed by atoms with Crippen molar-refractivity contribution in [3.63, 3.8) is 0 Å². The van der Waals surface area contributed by atoms with Crippen molar-refractivity contribution in [1.29, 1.82) is 0 Å². The van der Waals surface area contributed by atoms with Gasteiger partial charge in [0.1, 0.15) is 11.8 Å². The molecule has 0 radical (unpaired) electrons. The number of quaternary nitrogens is 1. The van der Waals surface area contributed by atoms with Crippen LogP contribution in [0, 0.1) is 5.21 Å². The molecule has 0 spiro atoms. The van der Waals surface area contributed by atoms with Gasteiger partial charge >= 0.3 is 0 Å². The molecule has 182 valence electrons. The molecule has 2 aromatic rings. The van der Waals surface area contributed by atoms with Crippen LogP contribution in [0.3, 0.4) is 0 Å². The number of carbonyl (C=O) groups excluding carboxylic acids is 1. The molecule has 34 heavy (non-hydrogen) atoms. The van der Waals surface area contributed by atoms with Crippen molar-refractivity contribution in [2.24, 2.45) is 0 Å². The van der Waals surface area contributed by atoms with Crippen LogP contribution in [-0.2, 0) is 11.3 Å². The second kappa shape index (κ2) is 10.1. The summed E-state index contributed by atoms with van der Waals surface area (Å²) in [6.07, 6.45) is 0.737. The second-order valence-electron chi connectivity index (χ2n) is 9.10. The fraction of sp³-hybridized carbons (Fsp3) is 0.458. The van der Waals surface area contributed by atoms with E-state index >= 15 is 0 Å². The first-order valence-corrected chi connectivity index (χ1v) is 11.7. The minimum absolute atomic E-state index is 0.0437. The molecule has 3 aliphatic heterocycles. The Hall–Kier alpha value is -3.05. The molecule has 2 fully saturated rings. The number of ether oxygens (including phenoxy) is 2. The molecule has 10 heteroatoms. The van der Waals surface area contributed by atoms with Crippen molar-refractivity contribution >= 4 is 11.6 Å². The van der Waals surface area contributed by atoms with Gasteiger partial charge < -0.3 is 24.7 Å². The molecule has 0 bridgehead atoms. The first kappa shape index (κ1) is 22.7. The Labute approximate surface area is 198 Å². The van der Waals surface area contributed by atoms with Crippen LogP contribution >= 0.6 is 0 Å². The summed E-state index contributed by atoms with van der Waals surface area (Å²) < 4.78 is 10.8. The van der Waals surface area contributed by atoms with Crippen LogP contribution < -0.4 is 20.1 Å². The predicted octanol–water partition coefficient (Wildman–Crippen LogP) is 0.249. The molecule has 5 rings (SSSR count). The van der Waals surface area contributed by atoms with Crippen molar-refractivity contribution in [1.82, 2.24) is 14.7 Å². The van der Waals surface area contributed by atoms with Gasteiger partial charge in [-0.05, 0) is 42.0 Å². The van der Waals surface area contributed by atoms with Crippen LogP contribution in [0.1, 0.15) is 12.0 Å². The summed E-state index contributed by atoms with van der Waals surface area (Å²) in [7, 11) is 0. The zero-order valence-electron chi connectivity index (χ0n) is 19.1. The largest absolute Gasteiger partial charge is 0.608 e. The number of phenols is 1. The highest BCUT2D eigenvalue weighted by molar-refractivity contribution is 5.78. The predicted molar refractivity (Wildman–Crippen MR) is 125 cm³/mol. The lowest BCUT2D eigenvalue weighted by atomic mass is 10.1. The van der Waals surface area contributed by atoms with Crippen molar-refractivity contribution in [3.8, 4) is 17.2 Å². The number of piperazine rings is 1. The van der Waals surface area contributed by atoms with Crippen LogP contribution in [0.25, 0.3) is 0 Å². The number of hydrogen-bond donors (Lipinski definition) is 3. The van der Waals surface area contributed by atoms with Gasteiger partial charge in [-0.15, -0.1) is 0 Å². The lowest BCUT2D eigenvalue weighted by molar-refractivity contribution is -0.850. The van der Waals surface area contributed by atoms with Gasteiger partial charge in [0.05, 0.1) is 18.8 Å². The van der Waals surface area contributed by atoms with E-state index in [0.29, 0.717) is 31.9 Å². The number of amides is 1. The van der Waals surface area contributed by atoms with E-state index in [1.54, 1.807) is 24.3 Å². The van der Waals surface area contributed by atoms with Gasteiger partial charge in [0, 0.05) is 45.7 Å². The van der Waals surface area contributed by atoms with Gasteiger partial charge in [0.2, 0.25) is 12.7 Å². The molecule has 10 nitrogen and oxygen atoms in total. The maximum absolute atomic E-state index is 12.9. The molecule has 3 N–H and O–H groups in total. The number of phenolic OH excluding ortho intramolecular Hbond substituents is 1. The number of hydrogen-bond acceptors (Lipinski definition) is 8. The number of anilines is 1. The number of fused-ring (bicyclic) bond motifs is 1. The lowest BCUT2D eigenvalue weighted by Gasteiger charge is -2.35. The van der Waals surface area contributed by atoms with Crippen LogP contribution in [-0.4, -0.2) is 84.4 Å². The summed E-state index contributed by atoms with van der Waals surface area (Å²) >= 11 is 0. The molecule has 0 aliphatic carbocycles. The number of nitrogens with one attached hydrogen (secondary N) is 2. The molecular weight excluding hydrogens is 438 g/mol. The van der Waals surface area contributed by atoms with Crippen molar-refractivity contribution in [2.45, 2.75) is 19.0 Å². The lowest BCUT2D eigenvalue weighted by Crippen LogP contribution is -3.14. The summed E-state index contributed by atoms with van der Waals surface area (Å²) in [4.78, 5) is 19.2. The summed E-state index contributed by atoms with van der Waals surface area (Å²) in [6.45, 7) is 5.86. The Morgan fingerprint density at radius 1 is 1.03 bits per heavy atom. The molecule has 2 saturated heterocycles. The van der Waals surface area contributed by atoms with Gasteiger partial charge in [-0.1, -0.05) is 6.07 Å². The maximum atomic E-state index is 12.9. The minimum atomic E-state index is -0.139. The Morgan fingerprint density at radius 2 is 1.79 bits per heavy atom. The molecule has 3 heterocycles. The van der Waals surface area contributed by atoms with E-state index in [4.69, 9.17) is 9.47 Å². The van der Waals surface area contributed by atoms with E-state index < -0.39 is 0 Å². The fourth-order valence-electron chi connectivity index (χ4n) is 4.72. The van der Waals surface area contributed by atoms with Crippen molar-refractivity contribution in [3.05, 3.63) is 53.2 Å². The maximum Gasteiger partial charge on any atom is 0.236 e. The molecule has 2 atom stereocenters. The minimum Gasteiger partial charge on any atom is -0.608 e. The average Bonchev–Trinajstić information content (AvgIpc) is 3.50. The number of carbonyl (C=O) groups is 1. The number of hydroxylamine groups is 1. The highest BCUT2D eigenvalue weighted by Gasteiger charge is 2.31. The quantitative estimate of drug-likeness (QED) is 0.392. The molecule has 3 aliphatic rings. The van der Waals surface area contributed by atoms with Crippen LogP contribution in [0.5, 0.6) is 17.2 Å². The Kier molecular flexibility index (Phi) is 6.73. The van der Waals surface area contributed by atoms with Crippen LogP contribution in [0.2, 0.25) is 0 Å². The molecular formula is C24H31N5O5. The smallest absolute Gasteiger partial charge is 0.236 e. The third-order valence-electron chi connectivity index (χ3n) is 6.71. The van der Waals surface area contributed by atoms with Crippen LogP contribution in [0.15, 0.2) is 42.5 Å². The first-order valence-electron chi connectivity index (χ1n) is 11.7. The SMILES string of the molecule is O=C(CN1CC[C@@H]([NH+]([O-])Nc2ccc(O)cc2)C1)N1CCN(Cc2ccc3c(c2)OCO3)CC1. The highest BCUT2D eigenvalue weighted by Crippen LogP contribution is 2.32. The normalized spacial score (nSPS) is 21.6. The molecule has 1 unspecified atom stereocenters. The Balaban J connectivity index is 1.04. The van der Waals surface area contributed by atoms with E-state index in [9.17, 15) is 15.1 Å². The summed E-state index contributed by atoms with van der Waals surface area (Å²) in [5, 5.41) is 21.9. The number of benzene rings is 2. The molecule has 0 aromatic heterocycles. The fourth-order valence-corrected chi connectivity index (χ4v) is 4.72. The van der Waals surface area contributed by atoms with E-state index in [1.165, 1.54) is 5.56 Å². The van der Waals surface area contributed by atoms with Gasteiger partial charge in [0.15, 0.2) is 11.5 Å². The zero-order valence-corrected chi connectivity index (χ0v) is 19.1. The third-order valence-corrected chi connectivity index (χ3v) is 6.71. The Morgan fingerprint density at radius 3 is 2.59 bits per heavy atom. The highest BCUT2D eigenvalue weighted by atomic mass is 16.7. The van der Waals surface area contributed by atoms with Crippen molar-refractivity contribution < 1.29 is 24.5 Å². The number of likely N-dealkylation sites (tertiary alicyclic amines) is 1. The summed E-state index contributed by atoms with van der Waals surface area (Å²) in [5.74, 6) is 1.88. The van der Waals surface area contributed by atoms with Gasteiger partial charge in [-0.2, -0.15) is 0 Å². The van der Waals surface area contributed by atoms with E-state index in [0.717, 1.165) is 44.1 Å². The van der Waals surface area contributed by atoms with E-state index in [1.807, 2.05) is 17.0 Å². The third kappa shape index (κ3) is 5.36. The molecule has 0 saturated carbocycles. The Bertz CT molecular complexity index is 996. The topological polar surface area (TPSA) is 105 Å². The zero-order chi connectivity index (χ0) is 23.5. The monoisotopic (exact) mass is 469 g/mol. The number of aromatic hydroxyl groups is 1. The van der Waals surface area contributed by atoms with Gasteiger partial charge in [-0.25, -0.2) is 5.43 Å². The summed E-state index contributed by atoms with van der Waals surface area (Å²) in [6, 6.07) is 12.3. The van der Waals surface area contributed by atoms with Gasteiger partial charge in [0.25, 0.3) is 0 Å². The van der Waals surface area contributed by atoms with Crippen molar-refractivity contribution in [2.75, 3.05) is 58.0 Å². The molecule has 2 aromatic carbocycles. The number of rotatable bonds is 7. The standard InChI is InChI=1S/C24H31N5O5/c30-21-4-2-19(3-5-21)25-29(32)20-7-8-27(15-20)16-24(31)28-11-9-26(10-12-28)14-18-1-6-22-23(13-18)34-17-33-22/h1-6,13,20,25,29-30H,7-12,14-17H2/t20-/m1/s1.